The van der Waals surface area contributed by atoms with Gasteiger partial charge >= 0.3 is 72.3 Å². The second-order valence-corrected chi connectivity index (χ2v) is 4.46. The van der Waals surface area contributed by atoms with Crippen molar-refractivity contribution in [3.8, 4) is 0 Å². The maximum absolute atomic E-state index is 2.37. The average Bonchev–Trinajstić information content (AvgIpc) is 2.45. The van der Waals surface area contributed by atoms with Crippen LogP contribution in [0.5, 0.6) is 0 Å². The summed E-state index contributed by atoms with van der Waals surface area (Å²) in [5.41, 5.74) is 2.84. The average molecular weight is 209 g/mol. The van der Waals surface area contributed by atoms with Gasteiger partial charge in [-0.15, -0.1) is 0 Å². The van der Waals surface area contributed by atoms with Crippen molar-refractivity contribution in [1.82, 2.24) is 0 Å². The van der Waals surface area contributed by atoms with Crippen LogP contribution >= 0.6 is 0 Å². The molecule has 56 valence electrons. The van der Waals surface area contributed by atoms with E-state index < -0.39 is 0 Å². The molecule has 0 atom stereocenters. The number of aryl methyl sites for hydroxylation is 2. The molecule has 0 N–H and O–H groups in total. The second kappa shape index (κ2) is 2.51. The third kappa shape index (κ3) is 1.05. The quantitative estimate of drug-likeness (QED) is 0.585. The van der Waals surface area contributed by atoms with E-state index in [1.165, 1.54) is 21.9 Å². The van der Waals surface area contributed by atoms with E-state index in [9.17, 15) is 0 Å². The van der Waals surface area contributed by atoms with Gasteiger partial charge in [0.1, 0.15) is 0 Å². The first-order valence-corrected chi connectivity index (χ1v) is 5.69. The van der Waals surface area contributed by atoms with Crippen LogP contribution in [0.4, 0.5) is 0 Å². The molecule has 2 rings (SSSR count). The first-order chi connectivity index (χ1) is 5.29. The molecule has 0 spiro atoms. The molecular weight excluding hydrogens is 199 g/mol. The fraction of sp³-hybridized carbons (Fsp3) is 0.200. The molecule has 1 heteroatoms. The van der Waals surface area contributed by atoms with Gasteiger partial charge < -0.3 is 0 Å². The molecule has 0 radical (unpaired) electrons. The molecule has 0 aliphatic rings. The Morgan fingerprint density at radius 3 is 1.82 bits per heavy atom. The molecule has 0 saturated heterocycles. The van der Waals surface area contributed by atoms with Gasteiger partial charge in [0.05, 0.1) is 0 Å². The van der Waals surface area contributed by atoms with Gasteiger partial charge in [0.15, 0.2) is 0 Å². The van der Waals surface area contributed by atoms with Gasteiger partial charge in [-0.25, -0.2) is 0 Å². The molecule has 0 nitrogen and oxygen atoms in total. The van der Waals surface area contributed by atoms with E-state index in [-0.39, 0.29) is 0 Å². The first-order valence-electron chi connectivity index (χ1n) is 3.71. The summed E-state index contributed by atoms with van der Waals surface area (Å²) in [6, 6.07) is 4.42. The van der Waals surface area contributed by atoms with Crippen LogP contribution in [-0.4, -0.2) is 14.5 Å². The van der Waals surface area contributed by atoms with Crippen LogP contribution in [-0.2, 0) is 0 Å². The molecule has 0 bridgehead atoms. The molecule has 0 aliphatic heterocycles. The van der Waals surface area contributed by atoms with Crippen LogP contribution in [0.15, 0.2) is 22.0 Å². The summed E-state index contributed by atoms with van der Waals surface area (Å²) in [7, 11) is 0. The second-order valence-electron chi connectivity index (χ2n) is 2.90. The van der Waals surface area contributed by atoms with Crippen LogP contribution in [0.3, 0.4) is 0 Å². The molecule has 0 fully saturated rings. The molecular formula is C10H10Se. The van der Waals surface area contributed by atoms with Gasteiger partial charge in [0, 0.05) is 0 Å². The summed E-state index contributed by atoms with van der Waals surface area (Å²) in [6.45, 7) is 4.37. The number of benzene rings is 1. The number of fused-ring (bicyclic) bond motifs is 1. The number of hydrogen-bond donors (Lipinski definition) is 0. The van der Waals surface area contributed by atoms with Crippen molar-refractivity contribution >= 4 is 25.3 Å². The van der Waals surface area contributed by atoms with Crippen LogP contribution < -0.4 is 0 Å². The molecule has 0 amide bonds. The van der Waals surface area contributed by atoms with Crippen molar-refractivity contribution in [1.29, 1.82) is 0 Å². The number of rotatable bonds is 0. The van der Waals surface area contributed by atoms with Gasteiger partial charge in [0.25, 0.3) is 0 Å². The maximum atomic E-state index is 2.37. The zero-order valence-electron chi connectivity index (χ0n) is 6.72. The number of hydrogen-bond acceptors (Lipinski definition) is 0. The van der Waals surface area contributed by atoms with Gasteiger partial charge in [0.2, 0.25) is 0 Å². The van der Waals surface area contributed by atoms with E-state index >= 15 is 0 Å². The Bertz CT molecular complexity index is 349. The predicted molar refractivity (Wildman–Crippen MR) is 50.4 cm³/mol. The van der Waals surface area contributed by atoms with E-state index in [1.807, 2.05) is 0 Å². The third-order valence-electron chi connectivity index (χ3n) is 2.09. The monoisotopic (exact) mass is 210 g/mol. The summed E-state index contributed by atoms with van der Waals surface area (Å²) in [6.07, 6.45) is 0. The van der Waals surface area contributed by atoms with E-state index in [0.29, 0.717) is 14.5 Å². The standard InChI is InChI=1S/C10H10Se/c1-7-3-4-8(2)10-6-11-5-9(7)10/h3-6H,1-2H3. The first kappa shape index (κ1) is 7.15. The zero-order chi connectivity index (χ0) is 7.84. The van der Waals surface area contributed by atoms with Gasteiger partial charge in [-0.3, -0.25) is 0 Å². The Morgan fingerprint density at radius 2 is 1.36 bits per heavy atom. The van der Waals surface area contributed by atoms with Crippen LogP contribution in [0.25, 0.3) is 10.8 Å². The Morgan fingerprint density at radius 1 is 0.909 bits per heavy atom. The fourth-order valence-corrected chi connectivity index (χ4v) is 3.36. The molecule has 0 unspecified atom stereocenters. The topological polar surface area (TPSA) is 0 Å². The Kier molecular flexibility index (Phi) is 1.63. The van der Waals surface area contributed by atoms with Crippen LogP contribution in [0.1, 0.15) is 11.1 Å². The molecule has 1 heterocycles. The van der Waals surface area contributed by atoms with Crippen molar-refractivity contribution in [2.45, 2.75) is 13.8 Å². The van der Waals surface area contributed by atoms with E-state index in [2.05, 4.69) is 35.9 Å². The normalized spacial score (nSPS) is 10.7. The van der Waals surface area contributed by atoms with Gasteiger partial charge in [-0.2, -0.15) is 0 Å². The third-order valence-corrected chi connectivity index (χ3v) is 3.66. The SMILES string of the molecule is Cc1ccc(C)c2c[se]cc12. The molecule has 1 aromatic heterocycles. The van der Waals surface area contributed by atoms with Crippen LogP contribution in [0, 0.1) is 13.8 Å². The van der Waals surface area contributed by atoms with Gasteiger partial charge in [-0.1, -0.05) is 0 Å². The van der Waals surface area contributed by atoms with Crippen molar-refractivity contribution in [3.63, 3.8) is 0 Å². The summed E-state index contributed by atoms with van der Waals surface area (Å²) in [5.74, 6) is 0. The predicted octanol–water partition coefficient (Wildman–Crippen LogP) is 2.51. The summed E-state index contributed by atoms with van der Waals surface area (Å²) in [4.78, 5) is 4.73. The van der Waals surface area contributed by atoms with Gasteiger partial charge in [-0.05, 0) is 0 Å². The zero-order valence-corrected chi connectivity index (χ0v) is 8.43. The van der Waals surface area contributed by atoms with E-state index in [0.717, 1.165) is 0 Å². The minimum atomic E-state index is 0.610. The Balaban J connectivity index is 2.96. The van der Waals surface area contributed by atoms with Crippen molar-refractivity contribution in [2.75, 3.05) is 0 Å². The van der Waals surface area contributed by atoms with E-state index in [1.54, 1.807) is 0 Å². The summed E-state index contributed by atoms with van der Waals surface area (Å²) in [5, 5.41) is 2.95. The fourth-order valence-electron chi connectivity index (χ4n) is 1.34. The summed E-state index contributed by atoms with van der Waals surface area (Å²) < 4.78 is 0. The molecule has 1 aromatic carbocycles. The van der Waals surface area contributed by atoms with Crippen LogP contribution in [0.2, 0.25) is 0 Å². The molecule has 0 aliphatic carbocycles. The van der Waals surface area contributed by atoms with E-state index in [4.69, 9.17) is 0 Å². The molecule has 2 aromatic rings. The molecule has 0 saturated carbocycles. The molecule has 11 heavy (non-hydrogen) atoms. The van der Waals surface area contributed by atoms with Crippen molar-refractivity contribution in [2.24, 2.45) is 0 Å². The minimum absolute atomic E-state index is 0.610. The Labute approximate surface area is 72.6 Å². The van der Waals surface area contributed by atoms with Crippen molar-refractivity contribution < 1.29 is 0 Å². The Hall–Kier alpha value is -0.521. The van der Waals surface area contributed by atoms with Crippen molar-refractivity contribution in [3.05, 3.63) is 33.1 Å². The summed E-state index contributed by atoms with van der Waals surface area (Å²) >= 11 is 0.610.